The van der Waals surface area contributed by atoms with Gasteiger partial charge >= 0.3 is 0 Å². The molecular weight excluding hydrogens is 250 g/mol. The van der Waals surface area contributed by atoms with Crippen LogP contribution in [0.3, 0.4) is 0 Å². The van der Waals surface area contributed by atoms with E-state index in [1.807, 2.05) is 26.2 Å². The zero-order chi connectivity index (χ0) is 13.9. The predicted molar refractivity (Wildman–Crippen MR) is 81.4 cm³/mol. The predicted octanol–water partition coefficient (Wildman–Crippen LogP) is 2.59. The quantitative estimate of drug-likeness (QED) is 0.790. The summed E-state index contributed by atoms with van der Waals surface area (Å²) in [6.45, 7) is 0. The van der Waals surface area contributed by atoms with Crippen molar-refractivity contribution in [1.29, 1.82) is 0 Å². The Morgan fingerprint density at radius 2 is 1.85 bits per heavy atom. The van der Waals surface area contributed by atoms with Crippen LogP contribution in [-0.2, 0) is 0 Å². The van der Waals surface area contributed by atoms with Crippen molar-refractivity contribution in [2.75, 3.05) is 19.0 Å². The fourth-order valence-corrected chi connectivity index (χ4v) is 1.88. The topological polar surface area (TPSA) is 57.7 Å². The average molecular weight is 265 g/mol. The molecule has 0 atom stereocenters. The summed E-state index contributed by atoms with van der Waals surface area (Å²) in [4.78, 5) is 17.8. The Labute approximate surface area is 117 Å². The SMILES string of the molecule is CN(C)c1ccc(/C=C/c2ncc3[nH]cnc3n2)cc1. The molecule has 3 aromatic rings. The Morgan fingerprint density at radius 3 is 2.60 bits per heavy atom. The van der Waals surface area contributed by atoms with Gasteiger partial charge in [0.25, 0.3) is 0 Å². The molecule has 5 nitrogen and oxygen atoms in total. The number of aromatic nitrogens is 4. The Hall–Kier alpha value is -2.69. The molecule has 3 rings (SSSR count). The molecule has 1 N–H and O–H groups in total. The molecule has 0 bridgehead atoms. The van der Waals surface area contributed by atoms with Gasteiger partial charge in [0.1, 0.15) is 5.52 Å². The molecule has 0 aliphatic carbocycles. The number of imidazole rings is 1. The minimum Gasteiger partial charge on any atom is -0.378 e. The molecule has 2 aromatic heterocycles. The molecule has 100 valence electrons. The summed E-state index contributed by atoms with van der Waals surface area (Å²) in [5.41, 5.74) is 3.82. The monoisotopic (exact) mass is 265 g/mol. The third-order valence-corrected chi connectivity index (χ3v) is 3.03. The zero-order valence-corrected chi connectivity index (χ0v) is 11.4. The van der Waals surface area contributed by atoms with Crippen molar-refractivity contribution in [1.82, 2.24) is 19.9 Å². The van der Waals surface area contributed by atoms with Crippen LogP contribution in [0.5, 0.6) is 0 Å². The normalized spacial score (nSPS) is 11.3. The first-order valence-corrected chi connectivity index (χ1v) is 6.34. The summed E-state index contributed by atoms with van der Waals surface area (Å²) >= 11 is 0. The van der Waals surface area contributed by atoms with E-state index < -0.39 is 0 Å². The average Bonchev–Trinajstić information content (AvgIpc) is 2.93. The van der Waals surface area contributed by atoms with Gasteiger partial charge in [-0.1, -0.05) is 18.2 Å². The maximum atomic E-state index is 4.35. The first-order valence-electron chi connectivity index (χ1n) is 6.34. The molecule has 1 aromatic carbocycles. The summed E-state index contributed by atoms with van der Waals surface area (Å²) < 4.78 is 0. The van der Waals surface area contributed by atoms with Crippen molar-refractivity contribution in [3.8, 4) is 0 Å². The minimum absolute atomic E-state index is 0.654. The van der Waals surface area contributed by atoms with Gasteiger partial charge in [0, 0.05) is 19.8 Å². The number of hydrogen-bond acceptors (Lipinski definition) is 4. The minimum atomic E-state index is 0.654. The molecule has 0 saturated heterocycles. The van der Waals surface area contributed by atoms with Gasteiger partial charge < -0.3 is 9.88 Å². The number of nitrogens with one attached hydrogen (secondary N) is 1. The summed E-state index contributed by atoms with van der Waals surface area (Å²) in [6, 6.07) is 8.30. The molecule has 0 aliphatic rings. The lowest BCUT2D eigenvalue weighted by molar-refractivity contribution is 1.13. The Kier molecular flexibility index (Phi) is 3.16. The number of hydrogen-bond donors (Lipinski definition) is 1. The molecule has 0 amide bonds. The van der Waals surface area contributed by atoms with E-state index in [0.29, 0.717) is 11.5 Å². The molecule has 0 radical (unpaired) electrons. The summed E-state index contributed by atoms with van der Waals surface area (Å²) in [5, 5.41) is 0. The fraction of sp³-hybridized carbons (Fsp3) is 0.133. The summed E-state index contributed by atoms with van der Waals surface area (Å²) in [7, 11) is 4.05. The van der Waals surface area contributed by atoms with Crippen molar-refractivity contribution in [3.05, 3.63) is 48.2 Å². The van der Waals surface area contributed by atoms with Gasteiger partial charge in [0.2, 0.25) is 0 Å². The third kappa shape index (κ3) is 2.51. The van der Waals surface area contributed by atoms with Crippen molar-refractivity contribution >= 4 is 29.0 Å². The molecule has 0 fully saturated rings. The van der Waals surface area contributed by atoms with Crippen LogP contribution in [0, 0.1) is 0 Å². The van der Waals surface area contributed by atoms with E-state index in [9.17, 15) is 0 Å². The Bertz CT molecular complexity index is 740. The molecule has 2 heterocycles. The zero-order valence-electron chi connectivity index (χ0n) is 11.4. The standard InChI is InChI=1S/C15H15N5/c1-20(2)12-6-3-11(4-7-12)5-8-14-16-9-13-15(19-14)18-10-17-13/h3-10H,1-2H3,(H,16,17,18,19)/b8-5+. The number of benzene rings is 1. The Balaban J connectivity index is 1.82. The van der Waals surface area contributed by atoms with Crippen LogP contribution in [0.4, 0.5) is 5.69 Å². The van der Waals surface area contributed by atoms with Crippen LogP contribution in [0.1, 0.15) is 11.4 Å². The van der Waals surface area contributed by atoms with Gasteiger partial charge in [0.15, 0.2) is 11.5 Å². The number of aromatic amines is 1. The second kappa shape index (κ2) is 5.13. The van der Waals surface area contributed by atoms with Crippen LogP contribution in [-0.4, -0.2) is 34.0 Å². The fourth-order valence-electron chi connectivity index (χ4n) is 1.88. The van der Waals surface area contributed by atoms with Gasteiger partial charge in [-0.2, -0.15) is 0 Å². The molecule has 20 heavy (non-hydrogen) atoms. The van der Waals surface area contributed by atoms with Crippen LogP contribution in [0.2, 0.25) is 0 Å². The van der Waals surface area contributed by atoms with E-state index in [4.69, 9.17) is 0 Å². The lowest BCUT2D eigenvalue weighted by Gasteiger charge is -2.11. The molecule has 5 heteroatoms. The van der Waals surface area contributed by atoms with E-state index in [0.717, 1.165) is 11.1 Å². The maximum absolute atomic E-state index is 4.35. The second-order valence-corrected chi connectivity index (χ2v) is 4.69. The largest absolute Gasteiger partial charge is 0.378 e. The van der Waals surface area contributed by atoms with Gasteiger partial charge in [-0.05, 0) is 23.8 Å². The van der Waals surface area contributed by atoms with Crippen LogP contribution in [0.15, 0.2) is 36.8 Å². The van der Waals surface area contributed by atoms with Crippen molar-refractivity contribution in [2.45, 2.75) is 0 Å². The molecule has 0 unspecified atom stereocenters. The van der Waals surface area contributed by atoms with E-state index in [1.165, 1.54) is 5.69 Å². The molecule has 0 saturated carbocycles. The summed E-state index contributed by atoms with van der Waals surface area (Å²) in [6.07, 6.45) is 7.24. The maximum Gasteiger partial charge on any atom is 0.181 e. The van der Waals surface area contributed by atoms with Gasteiger partial charge in [-0.15, -0.1) is 0 Å². The first kappa shape index (κ1) is 12.3. The second-order valence-electron chi connectivity index (χ2n) is 4.69. The van der Waals surface area contributed by atoms with E-state index in [2.05, 4.69) is 49.1 Å². The lowest BCUT2D eigenvalue weighted by atomic mass is 10.2. The van der Waals surface area contributed by atoms with E-state index >= 15 is 0 Å². The smallest absolute Gasteiger partial charge is 0.181 e. The highest BCUT2D eigenvalue weighted by Gasteiger charge is 1.99. The van der Waals surface area contributed by atoms with E-state index in [-0.39, 0.29) is 0 Å². The van der Waals surface area contributed by atoms with Gasteiger partial charge in [0.05, 0.1) is 12.5 Å². The first-order chi connectivity index (χ1) is 9.72. The number of nitrogens with zero attached hydrogens (tertiary/aromatic N) is 4. The third-order valence-electron chi connectivity index (χ3n) is 3.03. The number of H-pyrrole nitrogens is 1. The molecule has 0 aliphatic heterocycles. The van der Waals surface area contributed by atoms with E-state index in [1.54, 1.807) is 12.5 Å². The Morgan fingerprint density at radius 1 is 1.05 bits per heavy atom. The van der Waals surface area contributed by atoms with Gasteiger partial charge in [-0.3, -0.25) is 0 Å². The highest BCUT2D eigenvalue weighted by atomic mass is 15.1. The summed E-state index contributed by atoms with van der Waals surface area (Å²) in [5.74, 6) is 0.654. The van der Waals surface area contributed by atoms with Crippen LogP contribution < -0.4 is 4.90 Å². The number of rotatable bonds is 3. The molecule has 0 spiro atoms. The van der Waals surface area contributed by atoms with Crippen LogP contribution in [0.25, 0.3) is 23.3 Å². The molecular formula is C15H15N5. The van der Waals surface area contributed by atoms with Crippen molar-refractivity contribution in [3.63, 3.8) is 0 Å². The highest BCUT2D eigenvalue weighted by molar-refractivity contribution is 5.72. The number of fused-ring (bicyclic) bond motifs is 1. The van der Waals surface area contributed by atoms with Crippen molar-refractivity contribution < 1.29 is 0 Å². The highest BCUT2D eigenvalue weighted by Crippen LogP contribution is 2.14. The van der Waals surface area contributed by atoms with Crippen molar-refractivity contribution in [2.24, 2.45) is 0 Å². The van der Waals surface area contributed by atoms with Gasteiger partial charge in [-0.25, -0.2) is 15.0 Å². The lowest BCUT2D eigenvalue weighted by Crippen LogP contribution is -2.07. The van der Waals surface area contributed by atoms with Crippen LogP contribution >= 0.6 is 0 Å². The number of anilines is 1.